The molecular formula is C33H42N8O10. The van der Waals surface area contributed by atoms with Crippen molar-refractivity contribution in [1.29, 1.82) is 0 Å². The largest absolute Gasteiger partial charge is 0.508 e. The van der Waals surface area contributed by atoms with Crippen molar-refractivity contribution in [2.24, 2.45) is 11.5 Å². The molecule has 0 saturated heterocycles. The van der Waals surface area contributed by atoms with Gasteiger partial charge < -0.3 is 58.4 Å². The number of carbonyl (C=O) groups excluding carboxylic acids is 6. The van der Waals surface area contributed by atoms with Gasteiger partial charge in [-0.15, -0.1) is 0 Å². The Bertz CT molecular complexity index is 1740. The molecule has 1 heterocycles. The number of aromatic amines is 1. The molecule has 0 saturated carbocycles. The number of aromatic nitrogens is 1. The Balaban J connectivity index is 1.80. The van der Waals surface area contributed by atoms with Gasteiger partial charge in [-0.1, -0.05) is 30.3 Å². The van der Waals surface area contributed by atoms with E-state index in [2.05, 4.69) is 31.6 Å². The minimum atomic E-state index is -1.68. The molecule has 1 aromatic heterocycles. The van der Waals surface area contributed by atoms with Crippen molar-refractivity contribution in [3.63, 3.8) is 0 Å². The molecule has 0 fully saturated rings. The maximum absolute atomic E-state index is 13.5. The normalized spacial score (nSPS) is 14.5. The van der Waals surface area contributed by atoms with Crippen LogP contribution in [0.3, 0.4) is 0 Å². The smallest absolute Gasteiger partial charge is 0.326 e. The molecular weight excluding hydrogens is 668 g/mol. The topological polar surface area (TPSA) is 308 Å². The average Bonchev–Trinajstić information content (AvgIpc) is 3.49. The summed E-state index contributed by atoms with van der Waals surface area (Å²) in [6.07, 6.45) is 0.698. The summed E-state index contributed by atoms with van der Waals surface area (Å²) in [6.45, 7) is 1.99. The number of aromatic hydroxyl groups is 1. The second-order valence-electron chi connectivity index (χ2n) is 11.9. The number of nitrogens with one attached hydrogen (secondary N) is 6. The number of amides is 6. The lowest BCUT2D eigenvalue weighted by Gasteiger charge is -2.25. The molecule has 18 heteroatoms. The van der Waals surface area contributed by atoms with E-state index in [0.29, 0.717) is 11.1 Å². The molecule has 13 N–H and O–H groups in total. The Labute approximate surface area is 291 Å². The summed E-state index contributed by atoms with van der Waals surface area (Å²) in [6, 6.07) is 4.78. The Morgan fingerprint density at radius 1 is 0.725 bits per heavy atom. The van der Waals surface area contributed by atoms with Crippen molar-refractivity contribution in [2.75, 3.05) is 6.61 Å². The van der Waals surface area contributed by atoms with E-state index in [1.807, 2.05) is 0 Å². The van der Waals surface area contributed by atoms with Gasteiger partial charge in [0, 0.05) is 29.9 Å². The molecule has 3 aromatic rings. The van der Waals surface area contributed by atoms with Crippen molar-refractivity contribution in [3.8, 4) is 5.75 Å². The fraction of sp³-hybridized carbons (Fsp3) is 0.364. The molecule has 0 aliphatic heterocycles. The van der Waals surface area contributed by atoms with Crippen molar-refractivity contribution in [1.82, 2.24) is 31.6 Å². The Kier molecular flexibility index (Phi) is 14.0. The number of H-pyrrole nitrogens is 1. The van der Waals surface area contributed by atoms with E-state index in [4.69, 9.17) is 16.6 Å². The molecule has 274 valence electrons. The number of aliphatic hydroxyl groups excluding tert-OH is 1. The van der Waals surface area contributed by atoms with Crippen LogP contribution in [0, 0.1) is 0 Å². The lowest BCUT2D eigenvalue weighted by molar-refractivity contribution is -0.143. The van der Waals surface area contributed by atoms with Crippen molar-refractivity contribution in [2.45, 2.75) is 69.4 Å². The predicted octanol–water partition coefficient (Wildman–Crippen LogP) is -2.60. The number of rotatable bonds is 18. The first-order valence-electron chi connectivity index (χ1n) is 15.8. The minimum absolute atomic E-state index is 0.0406. The van der Waals surface area contributed by atoms with Gasteiger partial charge in [0.2, 0.25) is 35.4 Å². The van der Waals surface area contributed by atoms with Gasteiger partial charge in [0.15, 0.2) is 0 Å². The monoisotopic (exact) mass is 710 g/mol. The SMILES string of the molecule is C[C@H](NC(=O)[C@H](Cc1ccc(O)cc1)NC(=O)[C@H](C)NC(=O)[C@@H](N)CO)C(=O)N[C@@H](Cc1c[nH]c2ccccc12)C(=O)N[C@@H](CC(N)=O)C(=O)O. The Morgan fingerprint density at radius 2 is 1.25 bits per heavy atom. The maximum Gasteiger partial charge on any atom is 0.326 e. The van der Waals surface area contributed by atoms with E-state index < -0.39 is 90.7 Å². The van der Waals surface area contributed by atoms with E-state index in [1.54, 1.807) is 30.5 Å². The van der Waals surface area contributed by atoms with Crippen LogP contribution < -0.4 is 38.1 Å². The van der Waals surface area contributed by atoms with Gasteiger partial charge >= 0.3 is 5.97 Å². The van der Waals surface area contributed by atoms with Crippen molar-refractivity contribution >= 4 is 52.3 Å². The number of carboxylic acid groups (broad SMARTS) is 1. The summed E-state index contributed by atoms with van der Waals surface area (Å²) in [5.74, 6) is -6.74. The van der Waals surface area contributed by atoms with Gasteiger partial charge in [-0.05, 0) is 43.2 Å². The molecule has 2 aromatic carbocycles. The number of phenolic OH excluding ortho intramolecular Hbond substituents is 1. The van der Waals surface area contributed by atoms with Crippen LogP contribution in [0.25, 0.3) is 10.9 Å². The third kappa shape index (κ3) is 11.5. The van der Waals surface area contributed by atoms with E-state index in [9.17, 15) is 43.8 Å². The summed E-state index contributed by atoms with van der Waals surface area (Å²) in [7, 11) is 0. The van der Waals surface area contributed by atoms with Gasteiger partial charge in [0.05, 0.1) is 13.0 Å². The molecule has 0 bridgehead atoms. The molecule has 6 atom stereocenters. The Hall–Kier alpha value is -6.01. The van der Waals surface area contributed by atoms with Crippen LogP contribution in [0.1, 0.15) is 31.4 Å². The van der Waals surface area contributed by atoms with Crippen LogP contribution in [0.15, 0.2) is 54.7 Å². The number of aliphatic carboxylic acids is 1. The van der Waals surface area contributed by atoms with E-state index >= 15 is 0 Å². The Morgan fingerprint density at radius 3 is 1.82 bits per heavy atom. The number of nitrogens with two attached hydrogens (primary N) is 2. The molecule has 18 nitrogen and oxygen atoms in total. The first-order valence-corrected chi connectivity index (χ1v) is 15.8. The maximum atomic E-state index is 13.5. The second-order valence-corrected chi connectivity index (χ2v) is 11.9. The molecule has 3 rings (SSSR count). The second kappa shape index (κ2) is 18.1. The highest BCUT2D eigenvalue weighted by Crippen LogP contribution is 2.19. The zero-order chi connectivity index (χ0) is 37.8. The average molecular weight is 711 g/mol. The number of primary amides is 1. The fourth-order valence-electron chi connectivity index (χ4n) is 4.92. The third-order valence-corrected chi connectivity index (χ3v) is 7.80. The summed E-state index contributed by atoms with van der Waals surface area (Å²) in [5.41, 5.74) is 12.5. The van der Waals surface area contributed by atoms with E-state index in [-0.39, 0.29) is 18.6 Å². The molecule has 6 amide bonds. The zero-order valence-electron chi connectivity index (χ0n) is 27.8. The first-order chi connectivity index (χ1) is 24.1. The van der Waals surface area contributed by atoms with Crippen LogP contribution in [0.4, 0.5) is 0 Å². The highest BCUT2D eigenvalue weighted by atomic mass is 16.4. The van der Waals surface area contributed by atoms with Crippen molar-refractivity contribution in [3.05, 3.63) is 65.9 Å². The quantitative estimate of drug-likeness (QED) is 0.0650. The lowest BCUT2D eigenvalue weighted by atomic mass is 10.0. The van der Waals surface area contributed by atoms with E-state index in [1.165, 1.54) is 38.1 Å². The van der Waals surface area contributed by atoms with Crippen LogP contribution >= 0.6 is 0 Å². The molecule has 0 spiro atoms. The molecule has 0 aliphatic carbocycles. The number of carboxylic acids is 1. The first kappa shape index (κ1) is 39.4. The zero-order valence-corrected chi connectivity index (χ0v) is 27.8. The molecule has 51 heavy (non-hydrogen) atoms. The van der Waals surface area contributed by atoms with Crippen LogP contribution in [-0.4, -0.2) is 105 Å². The van der Waals surface area contributed by atoms with Crippen molar-refractivity contribution < 1.29 is 48.9 Å². The number of para-hydroxylation sites is 1. The number of hydrogen-bond acceptors (Lipinski definition) is 10. The summed E-state index contributed by atoms with van der Waals surface area (Å²) in [4.78, 5) is 91.6. The third-order valence-electron chi connectivity index (χ3n) is 7.80. The van der Waals surface area contributed by atoms with Crippen LogP contribution in [0.5, 0.6) is 5.75 Å². The standard InChI is InChI=1S/C33H42N8O10/c1-16(37-30(47)22(34)15-42)28(45)39-24(11-18-7-9-20(43)10-8-18)31(48)38-17(2)29(46)40-25(32(49)41-26(33(50)51)13-27(35)44)12-19-14-36-23-6-4-3-5-21(19)23/h3-10,14,16-17,22,24-26,36,42-43H,11-13,15,34H2,1-2H3,(H2,35,44)(H,37,47)(H,38,48)(H,39,45)(H,40,46)(H,41,49)(H,50,51)/t16-,17-,22-,24-,25-,26-/m0/s1. The number of benzene rings is 2. The highest BCUT2D eigenvalue weighted by Gasteiger charge is 2.32. The van der Waals surface area contributed by atoms with E-state index in [0.717, 1.165) is 10.9 Å². The fourth-order valence-corrected chi connectivity index (χ4v) is 4.92. The van der Waals surface area contributed by atoms with Gasteiger partial charge in [0.25, 0.3) is 0 Å². The van der Waals surface area contributed by atoms with Crippen LogP contribution in [-0.2, 0) is 46.4 Å². The summed E-state index contributed by atoms with van der Waals surface area (Å²) in [5, 5.41) is 41.1. The summed E-state index contributed by atoms with van der Waals surface area (Å²) < 4.78 is 0. The molecule has 0 aliphatic rings. The summed E-state index contributed by atoms with van der Waals surface area (Å²) >= 11 is 0. The van der Waals surface area contributed by atoms with Gasteiger partial charge in [-0.25, -0.2) is 4.79 Å². The van der Waals surface area contributed by atoms with Crippen LogP contribution in [0.2, 0.25) is 0 Å². The lowest BCUT2D eigenvalue weighted by Crippen LogP contribution is -2.59. The van der Waals surface area contributed by atoms with Gasteiger partial charge in [-0.2, -0.15) is 0 Å². The molecule has 0 radical (unpaired) electrons. The number of aliphatic hydroxyl groups is 1. The molecule has 0 unspecified atom stereocenters. The number of carbonyl (C=O) groups is 7. The number of phenols is 1. The number of fused-ring (bicyclic) bond motifs is 1. The van der Waals surface area contributed by atoms with Gasteiger partial charge in [0.1, 0.15) is 42.0 Å². The van der Waals surface area contributed by atoms with Gasteiger partial charge in [-0.3, -0.25) is 28.8 Å². The highest BCUT2D eigenvalue weighted by molar-refractivity contribution is 5.97. The minimum Gasteiger partial charge on any atom is -0.508 e. The predicted molar refractivity (Wildman–Crippen MR) is 181 cm³/mol. The number of hydrogen-bond donors (Lipinski definition) is 11.